The number of rotatable bonds is 5. The van der Waals surface area contributed by atoms with Gasteiger partial charge in [-0.15, -0.1) is 5.10 Å². The Hall–Kier alpha value is -1.83. The minimum atomic E-state index is -0.313. The maximum absolute atomic E-state index is 12.0. The molecule has 1 saturated heterocycles. The van der Waals surface area contributed by atoms with Crippen molar-refractivity contribution < 1.29 is 14.3 Å². The third-order valence-corrected chi connectivity index (χ3v) is 5.50. The molecule has 0 atom stereocenters. The Kier molecular flexibility index (Phi) is 4.78. The van der Waals surface area contributed by atoms with Crippen molar-refractivity contribution >= 4 is 33.1 Å². The molecule has 25 heavy (non-hydrogen) atoms. The van der Waals surface area contributed by atoms with Gasteiger partial charge < -0.3 is 14.4 Å². The number of benzene rings is 1. The first-order valence-electron chi connectivity index (χ1n) is 8.78. The smallest absolute Gasteiger partial charge is 0.412 e. The number of carbonyl (C=O) groups excluding carboxylic acids is 1. The molecule has 0 bridgehead atoms. The van der Waals surface area contributed by atoms with Crippen LogP contribution in [0.25, 0.3) is 11.0 Å². The van der Waals surface area contributed by atoms with Crippen LogP contribution in [0.15, 0.2) is 16.6 Å². The Morgan fingerprint density at radius 1 is 1.24 bits per heavy atom. The van der Waals surface area contributed by atoms with Gasteiger partial charge in [-0.25, -0.2) is 9.48 Å². The number of nitrogens with zero attached hydrogens (tertiary/aromatic N) is 4. The molecular formula is C17H21BrN4O3. The summed E-state index contributed by atoms with van der Waals surface area (Å²) < 4.78 is 13.5. The summed E-state index contributed by atoms with van der Waals surface area (Å²) in [6.07, 6.45) is 5.48. The van der Waals surface area contributed by atoms with Crippen molar-refractivity contribution in [2.45, 2.75) is 38.6 Å². The SMILES string of the molecule is O=C(OCOc1ccc2c(nnn2CC2CC2)c1Br)N1CCCCC1. The van der Waals surface area contributed by atoms with E-state index in [-0.39, 0.29) is 12.9 Å². The largest absolute Gasteiger partial charge is 0.456 e. The lowest BCUT2D eigenvalue weighted by Crippen LogP contribution is -2.36. The van der Waals surface area contributed by atoms with E-state index in [0.29, 0.717) is 5.75 Å². The highest BCUT2D eigenvalue weighted by Gasteiger charge is 2.24. The molecule has 2 aliphatic rings. The van der Waals surface area contributed by atoms with Crippen molar-refractivity contribution in [2.24, 2.45) is 5.92 Å². The van der Waals surface area contributed by atoms with E-state index in [4.69, 9.17) is 9.47 Å². The van der Waals surface area contributed by atoms with Crippen molar-refractivity contribution in [1.82, 2.24) is 19.9 Å². The van der Waals surface area contributed by atoms with Crippen LogP contribution in [0.4, 0.5) is 4.79 Å². The lowest BCUT2D eigenvalue weighted by Gasteiger charge is -2.25. The number of ether oxygens (including phenoxy) is 2. The molecule has 2 fully saturated rings. The van der Waals surface area contributed by atoms with Gasteiger partial charge in [-0.3, -0.25) is 0 Å². The Bertz CT molecular complexity index is 769. The van der Waals surface area contributed by atoms with Crippen LogP contribution >= 0.6 is 15.9 Å². The summed E-state index contributed by atoms with van der Waals surface area (Å²) in [5, 5.41) is 8.48. The lowest BCUT2D eigenvalue weighted by atomic mass is 10.1. The summed E-state index contributed by atoms with van der Waals surface area (Å²) in [4.78, 5) is 13.7. The normalized spacial score (nSPS) is 17.7. The fourth-order valence-corrected chi connectivity index (χ4v) is 3.62. The van der Waals surface area contributed by atoms with Crippen molar-refractivity contribution in [2.75, 3.05) is 19.9 Å². The number of piperidine rings is 1. The zero-order valence-electron chi connectivity index (χ0n) is 14.0. The number of likely N-dealkylation sites (tertiary alicyclic amines) is 1. The van der Waals surface area contributed by atoms with E-state index in [1.807, 2.05) is 16.8 Å². The molecule has 0 radical (unpaired) electrons. The van der Waals surface area contributed by atoms with Gasteiger partial charge in [0.15, 0.2) is 0 Å². The molecule has 0 N–H and O–H groups in total. The van der Waals surface area contributed by atoms with Crippen LogP contribution in [-0.4, -0.2) is 45.9 Å². The zero-order valence-corrected chi connectivity index (χ0v) is 15.6. The Balaban J connectivity index is 1.37. The molecule has 1 aliphatic heterocycles. The van der Waals surface area contributed by atoms with Gasteiger partial charge in [0, 0.05) is 19.6 Å². The van der Waals surface area contributed by atoms with Crippen LogP contribution in [0.2, 0.25) is 0 Å². The lowest BCUT2D eigenvalue weighted by molar-refractivity contribution is 0.0314. The van der Waals surface area contributed by atoms with E-state index >= 15 is 0 Å². The molecule has 1 aromatic carbocycles. The molecule has 0 spiro atoms. The van der Waals surface area contributed by atoms with E-state index in [2.05, 4.69) is 26.2 Å². The number of fused-ring (bicyclic) bond motifs is 1. The number of hydrogen-bond acceptors (Lipinski definition) is 5. The van der Waals surface area contributed by atoms with Crippen molar-refractivity contribution in [1.29, 1.82) is 0 Å². The minimum absolute atomic E-state index is 0.115. The average Bonchev–Trinajstić information content (AvgIpc) is 3.36. The van der Waals surface area contributed by atoms with Crippen LogP contribution in [0, 0.1) is 5.92 Å². The molecule has 1 aliphatic carbocycles. The van der Waals surface area contributed by atoms with Crippen molar-refractivity contribution in [3.05, 3.63) is 16.6 Å². The fourth-order valence-electron chi connectivity index (χ4n) is 3.09. The molecule has 4 rings (SSSR count). The highest BCUT2D eigenvalue weighted by molar-refractivity contribution is 9.10. The minimum Gasteiger partial charge on any atom is -0.456 e. The molecule has 2 aromatic rings. The summed E-state index contributed by atoms with van der Waals surface area (Å²) in [5.41, 5.74) is 1.75. The van der Waals surface area contributed by atoms with Gasteiger partial charge in [-0.1, -0.05) is 5.21 Å². The fraction of sp³-hybridized carbons (Fsp3) is 0.588. The second kappa shape index (κ2) is 7.19. The standard InChI is InChI=1S/C17H21BrN4O3/c18-15-14(24-11-25-17(23)21-8-2-1-3-9-21)7-6-13-16(15)19-20-22(13)10-12-4-5-12/h6-7,12H,1-5,8-11H2. The molecule has 134 valence electrons. The van der Waals surface area contributed by atoms with E-state index in [1.54, 1.807) is 4.90 Å². The third-order valence-electron chi connectivity index (χ3n) is 4.73. The predicted molar refractivity (Wildman–Crippen MR) is 95.4 cm³/mol. The topological polar surface area (TPSA) is 69.5 Å². The first kappa shape index (κ1) is 16.6. The van der Waals surface area contributed by atoms with Crippen molar-refractivity contribution in [3.8, 4) is 5.75 Å². The monoisotopic (exact) mass is 408 g/mol. The molecular weight excluding hydrogens is 388 g/mol. The number of aromatic nitrogens is 3. The summed E-state index contributed by atoms with van der Waals surface area (Å²) in [6, 6.07) is 3.80. The average molecular weight is 409 g/mol. The van der Waals surface area contributed by atoms with Gasteiger partial charge in [0.2, 0.25) is 6.79 Å². The van der Waals surface area contributed by atoms with Crippen LogP contribution in [0.5, 0.6) is 5.75 Å². The van der Waals surface area contributed by atoms with Crippen LogP contribution in [0.1, 0.15) is 32.1 Å². The molecule has 1 amide bonds. The number of amides is 1. The van der Waals surface area contributed by atoms with Gasteiger partial charge in [0.1, 0.15) is 11.3 Å². The van der Waals surface area contributed by atoms with Crippen LogP contribution in [-0.2, 0) is 11.3 Å². The number of hydrogen-bond donors (Lipinski definition) is 0. The third kappa shape index (κ3) is 3.73. The summed E-state index contributed by atoms with van der Waals surface area (Å²) in [5.74, 6) is 1.33. The van der Waals surface area contributed by atoms with E-state index in [0.717, 1.165) is 53.9 Å². The number of halogens is 1. The molecule has 1 saturated carbocycles. The zero-order chi connectivity index (χ0) is 17.2. The highest BCUT2D eigenvalue weighted by atomic mass is 79.9. The second-order valence-corrected chi connectivity index (χ2v) is 7.47. The van der Waals surface area contributed by atoms with Gasteiger partial charge in [-0.05, 0) is 66.1 Å². The number of carbonyl (C=O) groups is 1. The maximum Gasteiger partial charge on any atom is 0.412 e. The molecule has 0 unspecified atom stereocenters. The van der Waals surface area contributed by atoms with Crippen LogP contribution in [0.3, 0.4) is 0 Å². The molecule has 7 nitrogen and oxygen atoms in total. The Morgan fingerprint density at radius 2 is 2.04 bits per heavy atom. The van der Waals surface area contributed by atoms with Crippen molar-refractivity contribution in [3.63, 3.8) is 0 Å². The van der Waals surface area contributed by atoms with E-state index in [9.17, 15) is 4.79 Å². The van der Waals surface area contributed by atoms with E-state index in [1.165, 1.54) is 19.3 Å². The molecule has 8 heteroatoms. The molecule has 2 heterocycles. The highest BCUT2D eigenvalue weighted by Crippen LogP contribution is 2.34. The second-order valence-electron chi connectivity index (χ2n) is 6.68. The Morgan fingerprint density at radius 3 is 2.80 bits per heavy atom. The van der Waals surface area contributed by atoms with Gasteiger partial charge in [0.25, 0.3) is 0 Å². The maximum atomic E-state index is 12.0. The van der Waals surface area contributed by atoms with E-state index < -0.39 is 0 Å². The predicted octanol–water partition coefficient (Wildman–Crippen LogP) is 3.56. The first-order valence-corrected chi connectivity index (χ1v) is 9.58. The summed E-state index contributed by atoms with van der Waals surface area (Å²) in [7, 11) is 0. The first-order chi connectivity index (χ1) is 12.2. The molecule has 1 aromatic heterocycles. The quantitative estimate of drug-likeness (QED) is 0.707. The Labute approximate surface area is 154 Å². The van der Waals surface area contributed by atoms with Crippen LogP contribution < -0.4 is 4.74 Å². The van der Waals surface area contributed by atoms with Gasteiger partial charge in [-0.2, -0.15) is 0 Å². The summed E-state index contributed by atoms with van der Waals surface area (Å²) in [6.45, 7) is 2.32. The van der Waals surface area contributed by atoms with Gasteiger partial charge >= 0.3 is 6.09 Å². The van der Waals surface area contributed by atoms with Gasteiger partial charge in [0.05, 0.1) is 9.99 Å². The summed E-state index contributed by atoms with van der Waals surface area (Å²) >= 11 is 3.53.